The fourth-order valence-electron chi connectivity index (χ4n) is 1.82. The van der Waals surface area contributed by atoms with Gasteiger partial charge in [0, 0.05) is 22.6 Å². The monoisotopic (exact) mass is 281 g/mol. The molecule has 0 heterocycles. The van der Waals surface area contributed by atoms with Crippen molar-refractivity contribution in [1.29, 1.82) is 0 Å². The number of hydrogen-bond donors (Lipinski definition) is 1. The molecule has 1 aromatic carbocycles. The maximum absolute atomic E-state index is 5.72. The Kier molecular flexibility index (Phi) is 7.32. The Labute approximate surface area is 122 Å². The smallest absolute Gasteiger partial charge is 0.124 e. The highest BCUT2D eigenvalue weighted by Gasteiger charge is 2.16. The van der Waals surface area contributed by atoms with Crippen LogP contribution in [0.1, 0.15) is 39.3 Å². The van der Waals surface area contributed by atoms with Crippen molar-refractivity contribution >= 4 is 11.8 Å². The average molecular weight is 281 g/mol. The molecular weight excluding hydrogens is 254 g/mol. The SMILES string of the molecule is CCOc1ccccc1C(CSC(C)C(C)C)NC. The van der Waals surface area contributed by atoms with Crippen molar-refractivity contribution in [3.8, 4) is 5.75 Å². The molecule has 0 amide bonds. The van der Waals surface area contributed by atoms with E-state index in [2.05, 4.69) is 44.3 Å². The molecule has 3 heteroatoms. The standard InChI is InChI=1S/C16H27NOS/c1-6-18-16-10-8-7-9-14(16)15(17-5)11-19-13(4)12(2)3/h7-10,12-13,15,17H,6,11H2,1-5H3. The molecule has 0 aliphatic carbocycles. The zero-order chi connectivity index (χ0) is 14.3. The van der Waals surface area contributed by atoms with Crippen LogP contribution in [-0.2, 0) is 0 Å². The van der Waals surface area contributed by atoms with Gasteiger partial charge in [-0.15, -0.1) is 0 Å². The molecule has 108 valence electrons. The van der Waals surface area contributed by atoms with Gasteiger partial charge < -0.3 is 10.1 Å². The van der Waals surface area contributed by atoms with Crippen molar-refractivity contribution in [3.63, 3.8) is 0 Å². The minimum absolute atomic E-state index is 0.342. The van der Waals surface area contributed by atoms with Gasteiger partial charge in [0.1, 0.15) is 5.75 Å². The Bertz CT molecular complexity index is 368. The molecule has 0 spiro atoms. The van der Waals surface area contributed by atoms with E-state index < -0.39 is 0 Å². The topological polar surface area (TPSA) is 21.3 Å². The zero-order valence-corrected chi connectivity index (χ0v) is 13.6. The van der Waals surface area contributed by atoms with Crippen LogP contribution in [0.2, 0.25) is 0 Å². The first-order chi connectivity index (χ1) is 9.10. The van der Waals surface area contributed by atoms with E-state index in [1.165, 1.54) is 5.56 Å². The Balaban J connectivity index is 2.74. The van der Waals surface area contributed by atoms with E-state index in [0.29, 0.717) is 23.8 Å². The van der Waals surface area contributed by atoms with Crippen molar-refractivity contribution in [3.05, 3.63) is 29.8 Å². The predicted octanol–water partition coefficient (Wildman–Crippen LogP) is 4.12. The molecule has 0 aliphatic heterocycles. The highest BCUT2D eigenvalue weighted by atomic mass is 32.2. The van der Waals surface area contributed by atoms with Gasteiger partial charge in [0.2, 0.25) is 0 Å². The fraction of sp³-hybridized carbons (Fsp3) is 0.625. The fourth-order valence-corrected chi connectivity index (χ4v) is 3.05. The highest BCUT2D eigenvalue weighted by Crippen LogP contribution is 2.30. The quantitative estimate of drug-likeness (QED) is 0.774. The molecule has 0 aliphatic rings. The lowest BCUT2D eigenvalue weighted by atomic mass is 10.1. The van der Waals surface area contributed by atoms with Crippen molar-refractivity contribution in [1.82, 2.24) is 5.32 Å². The minimum atomic E-state index is 0.342. The Morgan fingerprint density at radius 2 is 1.89 bits per heavy atom. The summed E-state index contributed by atoms with van der Waals surface area (Å²) in [5.41, 5.74) is 1.26. The Hall–Kier alpha value is -0.670. The van der Waals surface area contributed by atoms with E-state index in [1.54, 1.807) is 0 Å². The molecule has 0 radical (unpaired) electrons. The first-order valence-corrected chi connectivity index (χ1v) is 8.15. The predicted molar refractivity (Wildman–Crippen MR) is 86.2 cm³/mol. The van der Waals surface area contributed by atoms with Crippen molar-refractivity contribution < 1.29 is 4.74 Å². The Morgan fingerprint density at radius 1 is 1.21 bits per heavy atom. The third kappa shape index (κ3) is 5.07. The van der Waals surface area contributed by atoms with Gasteiger partial charge in [-0.3, -0.25) is 0 Å². The minimum Gasteiger partial charge on any atom is -0.494 e. The number of rotatable bonds is 8. The van der Waals surface area contributed by atoms with E-state index in [0.717, 1.165) is 11.5 Å². The molecule has 1 aromatic rings. The lowest BCUT2D eigenvalue weighted by molar-refractivity contribution is 0.333. The third-order valence-electron chi connectivity index (χ3n) is 3.41. The van der Waals surface area contributed by atoms with Crippen molar-refractivity contribution in [2.75, 3.05) is 19.4 Å². The van der Waals surface area contributed by atoms with Gasteiger partial charge in [0.15, 0.2) is 0 Å². The molecule has 1 N–H and O–H groups in total. The van der Waals surface area contributed by atoms with Crippen LogP contribution in [0.5, 0.6) is 5.75 Å². The summed E-state index contributed by atoms with van der Waals surface area (Å²) in [7, 11) is 2.02. The van der Waals surface area contributed by atoms with Crippen LogP contribution in [-0.4, -0.2) is 24.7 Å². The molecule has 19 heavy (non-hydrogen) atoms. The average Bonchev–Trinajstić information content (AvgIpc) is 2.41. The first kappa shape index (κ1) is 16.4. The lowest BCUT2D eigenvalue weighted by Gasteiger charge is -2.22. The lowest BCUT2D eigenvalue weighted by Crippen LogP contribution is -2.21. The number of benzene rings is 1. The molecular formula is C16H27NOS. The molecule has 0 fully saturated rings. The number of para-hydroxylation sites is 1. The number of hydrogen-bond acceptors (Lipinski definition) is 3. The Morgan fingerprint density at radius 3 is 2.47 bits per heavy atom. The van der Waals surface area contributed by atoms with Gasteiger partial charge in [-0.2, -0.15) is 11.8 Å². The molecule has 2 atom stereocenters. The van der Waals surface area contributed by atoms with E-state index in [4.69, 9.17) is 4.74 Å². The molecule has 0 saturated heterocycles. The maximum atomic E-state index is 5.72. The summed E-state index contributed by atoms with van der Waals surface area (Å²) in [5.74, 6) is 2.78. The molecule has 0 bridgehead atoms. The van der Waals surface area contributed by atoms with Gasteiger partial charge >= 0.3 is 0 Å². The van der Waals surface area contributed by atoms with Gasteiger partial charge in [-0.25, -0.2) is 0 Å². The molecule has 2 unspecified atom stereocenters. The van der Waals surface area contributed by atoms with Crippen molar-refractivity contribution in [2.45, 2.75) is 39.0 Å². The van der Waals surface area contributed by atoms with E-state index >= 15 is 0 Å². The number of thioether (sulfide) groups is 1. The molecule has 0 saturated carbocycles. The second-order valence-electron chi connectivity index (χ2n) is 5.09. The number of ether oxygens (including phenoxy) is 1. The van der Waals surface area contributed by atoms with E-state index in [9.17, 15) is 0 Å². The summed E-state index contributed by atoms with van der Waals surface area (Å²) in [6.45, 7) is 9.60. The second kappa shape index (κ2) is 8.49. The van der Waals surface area contributed by atoms with Crippen LogP contribution < -0.4 is 10.1 Å². The van der Waals surface area contributed by atoms with Gasteiger partial charge in [-0.1, -0.05) is 39.0 Å². The van der Waals surface area contributed by atoms with Crippen LogP contribution in [0.3, 0.4) is 0 Å². The maximum Gasteiger partial charge on any atom is 0.124 e. The van der Waals surface area contributed by atoms with Crippen LogP contribution in [0, 0.1) is 5.92 Å². The van der Waals surface area contributed by atoms with Crippen molar-refractivity contribution in [2.24, 2.45) is 5.92 Å². The molecule has 1 rings (SSSR count). The molecule has 2 nitrogen and oxygen atoms in total. The van der Waals surface area contributed by atoms with Gasteiger partial charge in [0.25, 0.3) is 0 Å². The summed E-state index contributed by atoms with van der Waals surface area (Å²) < 4.78 is 5.72. The largest absolute Gasteiger partial charge is 0.494 e. The van der Waals surface area contributed by atoms with Crippen LogP contribution in [0.25, 0.3) is 0 Å². The summed E-state index contributed by atoms with van der Waals surface area (Å²) >= 11 is 2.02. The third-order valence-corrected chi connectivity index (χ3v) is 5.00. The first-order valence-electron chi connectivity index (χ1n) is 7.10. The van der Waals surface area contributed by atoms with Gasteiger partial charge in [0.05, 0.1) is 6.61 Å². The van der Waals surface area contributed by atoms with Crippen LogP contribution in [0.15, 0.2) is 24.3 Å². The zero-order valence-electron chi connectivity index (χ0n) is 12.8. The van der Waals surface area contributed by atoms with E-state index in [-0.39, 0.29) is 0 Å². The van der Waals surface area contributed by atoms with Crippen LogP contribution in [0.4, 0.5) is 0 Å². The summed E-state index contributed by atoms with van der Waals surface area (Å²) in [6, 6.07) is 8.67. The second-order valence-corrected chi connectivity index (χ2v) is 6.50. The van der Waals surface area contributed by atoms with Gasteiger partial charge in [-0.05, 0) is 26.0 Å². The summed E-state index contributed by atoms with van der Waals surface area (Å²) in [5, 5.41) is 4.09. The van der Waals surface area contributed by atoms with E-state index in [1.807, 2.05) is 31.8 Å². The van der Waals surface area contributed by atoms with Crippen LogP contribution >= 0.6 is 11.8 Å². The normalized spacial score (nSPS) is 14.4. The summed E-state index contributed by atoms with van der Waals surface area (Å²) in [6.07, 6.45) is 0. The summed E-state index contributed by atoms with van der Waals surface area (Å²) in [4.78, 5) is 0. The number of nitrogens with one attached hydrogen (secondary N) is 1. The highest BCUT2D eigenvalue weighted by molar-refractivity contribution is 7.99. The molecule has 0 aromatic heterocycles.